The number of hydrogen-bond acceptors (Lipinski definition) is 2. The summed E-state index contributed by atoms with van der Waals surface area (Å²) in [5, 5.41) is 19.4. The van der Waals surface area contributed by atoms with Gasteiger partial charge in [0.2, 0.25) is 0 Å². The Morgan fingerprint density at radius 1 is 1.57 bits per heavy atom. The highest BCUT2D eigenvalue weighted by Gasteiger charge is 2.21. The normalized spacial score (nSPS) is 27.1. The first kappa shape index (κ1) is 10.6. The van der Waals surface area contributed by atoms with Crippen LogP contribution in [-0.2, 0) is 0 Å². The molecule has 4 heteroatoms. The third-order valence-corrected chi connectivity index (χ3v) is 2.49. The molecule has 0 spiro atoms. The predicted octanol–water partition coefficient (Wildman–Crippen LogP) is 1.89. The van der Waals surface area contributed by atoms with Crippen molar-refractivity contribution in [2.24, 2.45) is 5.92 Å². The zero-order chi connectivity index (χ0) is 10.4. The average Bonchev–Trinajstić information content (AvgIpc) is 2.14. The van der Waals surface area contributed by atoms with Crippen LogP contribution in [0, 0.1) is 17.2 Å². The number of rotatable bonds is 2. The molecule has 76 valence electrons. The van der Waals surface area contributed by atoms with Crippen LogP contribution in [0.5, 0.6) is 0 Å². The number of nitrogens with one attached hydrogen (secondary N) is 1. The largest absolute Gasteiger partial charge is 0.465 e. The Morgan fingerprint density at radius 3 is 3.00 bits per heavy atom. The van der Waals surface area contributed by atoms with E-state index in [0.717, 1.165) is 25.7 Å². The van der Waals surface area contributed by atoms with Crippen molar-refractivity contribution in [3.05, 3.63) is 12.2 Å². The summed E-state index contributed by atoms with van der Waals surface area (Å²) in [7, 11) is 0. The summed E-state index contributed by atoms with van der Waals surface area (Å²) < 4.78 is 0. The van der Waals surface area contributed by atoms with Crippen LogP contribution in [0.3, 0.4) is 0 Å². The molecule has 0 aromatic rings. The zero-order valence-electron chi connectivity index (χ0n) is 7.94. The number of nitriles is 1. The molecule has 14 heavy (non-hydrogen) atoms. The Bertz CT molecular complexity index is 268. The van der Waals surface area contributed by atoms with E-state index in [1.54, 1.807) is 0 Å². The lowest BCUT2D eigenvalue weighted by atomic mass is 9.85. The molecule has 1 saturated carbocycles. The van der Waals surface area contributed by atoms with Gasteiger partial charge in [-0.2, -0.15) is 5.26 Å². The maximum absolute atomic E-state index is 10.4. The fourth-order valence-corrected chi connectivity index (χ4v) is 1.89. The van der Waals surface area contributed by atoms with E-state index in [2.05, 4.69) is 5.32 Å². The lowest BCUT2D eigenvalue weighted by Crippen LogP contribution is -2.37. The van der Waals surface area contributed by atoms with Gasteiger partial charge in [0.15, 0.2) is 0 Å². The zero-order valence-corrected chi connectivity index (χ0v) is 7.94. The van der Waals surface area contributed by atoms with Gasteiger partial charge >= 0.3 is 6.09 Å². The summed E-state index contributed by atoms with van der Waals surface area (Å²) in [6.45, 7) is 0. The Kier molecular flexibility index (Phi) is 3.99. The fourth-order valence-electron chi connectivity index (χ4n) is 1.89. The van der Waals surface area contributed by atoms with Gasteiger partial charge in [0.1, 0.15) is 0 Å². The van der Waals surface area contributed by atoms with E-state index in [-0.39, 0.29) is 6.04 Å². The molecule has 1 fully saturated rings. The third kappa shape index (κ3) is 3.48. The Morgan fingerprint density at radius 2 is 2.36 bits per heavy atom. The molecule has 0 aliphatic heterocycles. The summed E-state index contributed by atoms with van der Waals surface area (Å²) in [6, 6.07) is 2.00. The molecule has 4 nitrogen and oxygen atoms in total. The molecule has 0 radical (unpaired) electrons. The second-order valence-electron chi connectivity index (χ2n) is 3.56. The highest BCUT2D eigenvalue weighted by molar-refractivity contribution is 5.64. The second kappa shape index (κ2) is 5.28. The van der Waals surface area contributed by atoms with Crippen LogP contribution in [0.15, 0.2) is 12.2 Å². The molecule has 0 aromatic carbocycles. The third-order valence-electron chi connectivity index (χ3n) is 2.49. The number of allylic oxidation sites excluding steroid dienone is 2. The van der Waals surface area contributed by atoms with E-state index in [0.29, 0.717) is 5.92 Å². The molecule has 0 heterocycles. The van der Waals surface area contributed by atoms with Crippen LogP contribution < -0.4 is 5.32 Å². The average molecular weight is 194 g/mol. The van der Waals surface area contributed by atoms with Gasteiger partial charge in [-0.25, -0.2) is 4.79 Å². The monoisotopic (exact) mass is 194 g/mol. The number of carbonyl (C=O) groups is 1. The molecule has 1 amide bonds. The first-order valence-corrected chi connectivity index (χ1v) is 4.78. The van der Waals surface area contributed by atoms with E-state index in [9.17, 15) is 4.79 Å². The molecule has 2 N–H and O–H groups in total. The van der Waals surface area contributed by atoms with Crippen molar-refractivity contribution in [1.82, 2.24) is 5.32 Å². The SMILES string of the molecule is N#C/C=C/C1CCCC(NC(=O)O)C1. The molecule has 0 saturated heterocycles. The van der Waals surface area contributed by atoms with Gasteiger partial charge in [-0.1, -0.05) is 12.5 Å². The van der Waals surface area contributed by atoms with E-state index in [1.165, 1.54) is 6.08 Å². The minimum atomic E-state index is -0.958. The smallest absolute Gasteiger partial charge is 0.404 e. The van der Waals surface area contributed by atoms with Crippen LogP contribution in [-0.4, -0.2) is 17.2 Å². The van der Waals surface area contributed by atoms with Crippen LogP contribution in [0.25, 0.3) is 0 Å². The van der Waals surface area contributed by atoms with Crippen molar-refractivity contribution in [2.75, 3.05) is 0 Å². The summed E-state index contributed by atoms with van der Waals surface area (Å²) in [4.78, 5) is 10.4. The maximum atomic E-state index is 10.4. The van der Waals surface area contributed by atoms with Crippen molar-refractivity contribution in [3.63, 3.8) is 0 Å². The standard InChI is InChI=1S/C10H14N2O2/c11-6-2-4-8-3-1-5-9(7-8)12-10(13)14/h2,4,8-9,12H,1,3,5,7H2,(H,13,14)/b4-2+. The predicted molar refractivity (Wildman–Crippen MR) is 51.7 cm³/mol. The van der Waals surface area contributed by atoms with Gasteiger partial charge in [-0.3, -0.25) is 0 Å². The quantitative estimate of drug-likeness (QED) is 0.659. The van der Waals surface area contributed by atoms with Crippen LogP contribution in [0.4, 0.5) is 4.79 Å². The highest BCUT2D eigenvalue weighted by atomic mass is 16.4. The lowest BCUT2D eigenvalue weighted by molar-refractivity contribution is 0.183. The first-order valence-electron chi connectivity index (χ1n) is 4.78. The molecule has 0 bridgehead atoms. The Hall–Kier alpha value is -1.50. The van der Waals surface area contributed by atoms with E-state index < -0.39 is 6.09 Å². The molecule has 1 aliphatic carbocycles. The molecule has 1 aliphatic rings. The Balaban J connectivity index is 2.40. The molecular formula is C10H14N2O2. The summed E-state index contributed by atoms with van der Waals surface area (Å²) >= 11 is 0. The molecule has 1 rings (SSSR count). The minimum Gasteiger partial charge on any atom is -0.465 e. The highest BCUT2D eigenvalue weighted by Crippen LogP contribution is 2.25. The minimum absolute atomic E-state index is 0.0505. The number of hydrogen-bond donors (Lipinski definition) is 2. The van der Waals surface area contributed by atoms with Gasteiger partial charge in [-0.05, 0) is 25.2 Å². The first-order chi connectivity index (χ1) is 6.72. The molecule has 0 aromatic heterocycles. The Labute approximate surface area is 83.2 Å². The summed E-state index contributed by atoms with van der Waals surface area (Å²) in [5.41, 5.74) is 0. The number of carboxylic acid groups (broad SMARTS) is 1. The van der Waals surface area contributed by atoms with E-state index in [4.69, 9.17) is 10.4 Å². The van der Waals surface area contributed by atoms with Gasteiger partial charge in [0.25, 0.3) is 0 Å². The molecule has 2 unspecified atom stereocenters. The van der Waals surface area contributed by atoms with Crippen LogP contribution in [0.1, 0.15) is 25.7 Å². The van der Waals surface area contributed by atoms with Crippen molar-refractivity contribution < 1.29 is 9.90 Å². The van der Waals surface area contributed by atoms with E-state index in [1.807, 2.05) is 12.1 Å². The van der Waals surface area contributed by atoms with Gasteiger partial charge in [0, 0.05) is 12.1 Å². The lowest BCUT2D eigenvalue weighted by Gasteiger charge is -2.26. The van der Waals surface area contributed by atoms with Gasteiger partial charge < -0.3 is 10.4 Å². The van der Waals surface area contributed by atoms with Crippen molar-refractivity contribution in [1.29, 1.82) is 5.26 Å². The summed E-state index contributed by atoms with van der Waals surface area (Å²) in [6.07, 6.45) is 6.18. The van der Waals surface area contributed by atoms with Crippen molar-refractivity contribution in [2.45, 2.75) is 31.7 Å². The second-order valence-corrected chi connectivity index (χ2v) is 3.56. The van der Waals surface area contributed by atoms with E-state index >= 15 is 0 Å². The number of amides is 1. The van der Waals surface area contributed by atoms with Crippen LogP contribution >= 0.6 is 0 Å². The van der Waals surface area contributed by atoms with Gasteiger partial charge in [-0.15, -0.1) is 0 Å². The van der Waals surface area contributed by atoms with Crippen LogP contribution in [0.2, 0.25) is 0 Å². The molecular weight excluding hydrogens is 180 g/mol. The number of nitrogens with zero attached hydrogens (tertiary/aromatic N) is 1. The van der Waals surface area contributed by atoms with Crippen molar-refractivity contribution >= 4 is 6.09 Å². The van der Waals surface area contributed by atoms with Crippen molar-refractivity contribution in [3.8, 4) is 6.07 Å². The maximum Gasteiger partial charge on any atom is 0.404 e. The topological polar surface area (TPSA) is 73.1 Å². The summed E-state index contributed by atoms with van der Waals surface area (Å²) in [5.74, 6) is 0.347. The molecule has 2 atom stereocenters. The van der Waals surface area contributed by atoms with Gasteiger partial charge in [0.05, 0.1) is 6.07 Å². The fraction of sp³-hybridized carbons (Fsp3) is 0.600.